The number of ether oxygens (including phenoxy) is 3. The fourth-order valence-electron chi connectivity index (χ4n) is 3.72. The Balaban J connectivity index is 1.68. The van der Waals surface area contributed by atoms with Gasteiger partial charge in [-0.3, -0.25) is 0 Å². The Kier molecular flexibility index (Phi) is 7.88. The lowest BCUT2D eigenvalue weighted by atomic mass is 10.0. The second-order valence-electron chi connectivity index (χ2n) is 7.44. The lowest BCUT2D eigenvalue weighted by Gasteiger charge is -2.38. The number of nitrogens with one attached hydrogen (secondary N) is 1. The summed E-state index contributed by atoms with van der Waals surface area (Å²) in [6, 6.07) is 7.38. The van der Waals surface area contributed by atoms with Crippen molar-refractivity contribution in [3.05, 3.63) is 36.0 Å². The molecule has 31 heavy (non-hydrogen) atoms. The number of carbonyl (C=O) groups excluding carboxylic acids is 1. The molecule has 2 amide bonds. The smallest absolute Gasteiger partial charge is 0.322 e. The average Bonchev–Trinajstić information content (AvgIpc) is 2.80. The second kappa shape index (κ2) is 10.8. The summed E-state index contributed by atoms with van der Waals surface area (Å²) in [7, 11) is 4.83. The highest BCUT2D eigenvalue weighted by atomic mass is 16.5. The largest absolute Gasteiger partial charge is 0.495 e. The van der Waals surface area contributed by atoms with Gasteiger partial charge in [-0.25, -0.2) is 9.78 Å². The molecule has 3 rings (SSSR count). The van der Waals surface area contributed by atoms with Crippen LogP contribution in [0.25, 0.3) is 0 Å². The van der Waals surface area contributed by atoms with Crippen LogP contribution in [0.5, 0.6) is 11.6 Å². The summed E-state index contributed by atoms with van der Waals surface area (Å²) in [5.74, 6) is 1.83. The summed E-state index contributed by atoms with van der Waals surface area (Å²) < 4.78 is 15.9. The van der Waals surface area contributed by atoms with E-state index in [1.165, 1.54) is 0 Å². The number of urea groups is 1. The first-order valence-corrected chi connectivity index (χ1v) is 10.4. The van der Waals surface area contributed by atoms with Crippen LogP contribution in [-0.2, 0) is 4.74 Å². The molecular weight excluding hydrogens is 398 g/mol. The van der Waals surface area contributed by atoms with Crippen molar-refractivity contribution >= 4 is 17.7 Å². The number of rotatable bonds is 8. The molecule has 1 fully saturated rings. The standard InChI is InChI=1S/C22H31N5O4/c1-16-5-6-19(30-3)18(15-16)24-22(28)27(13-14-29-2)17-8-11-26(12-9-17)21-23-10-7-20(25-21)31-4/h5-7,10,15,17H,8-9,11-14H2,1-4H3,(H,24,28). The third-order valence-electron chi connectivity index (χ3n) is 5.41. The molecule has 2 aromatic rings. The zero-order chi connectivity index (χ0) is 22.2. The van der Waals surface area contributed by atoms with E-state index in [1.807, 2.05) is 30.0 Å². The van der Waals surface area contributed by atoms with Crippen molar-refractivity contribution in [2.75, 3.05) is 57.8 Å². The van der Waals surface area contributed by atoms with E-state index >= 15 is 0 Å². The van der Waals surface area contributed by atoms with E-state index in [2.05, 4.69) is 20.2 Å². The lowest BCUT2D eigenvalue weighted by molar-refractivity contribution is 0.127. The maximum atomic E-state index is 13.2. The quantitative estimate of drug-likeness (QED) is 0.690. The van der Waals surface area contributed by atoms with Crippen LogP contribution in [0.15, 0.2) is 30.5 Å². The Bertz CT molecular complexity index is 871. The summed E-state index contributed by atoms with van der Waals surface area (Å²) in [4.78, 5) is 25.9. The summed E-state index contributed by atoms with van der Waals surface area (Å²) >= 11 is 0. The number of piperidine rings is 1. The zero-order valence-electron chi connectivity index (χ0n) is 18.6. The van der Waals surface area contributed by atoms with Crippen molar-refractivity contribution in [2.24, 2.45) is 0 Å². The summed E-state index contributed by atoms with van der Waals surface area (Å²) in [5, 5.41) is 3.02. The van der Waals surface area contributed by atoms with Crippen LogP contribution < -0.4 is 19.7 Å². The zero-order valence-corrected chi connectivity index (χ0v) is 18.6. The Morgan fingerprint density at radius 1 is 1.19 bits per heavy atom. The topological polar surface area (TPSA) is 89.1 Å². The number of nitrogens with zero attached hydrogens (tertiary/aromatic N) is 4. The van der Waals surface area contributed by atoms with Crippen molar-refractivity contribution in [2.45, 2.75) is 25.8 Å². The van der Waals surface area contributed by atoms with Crippen LogP contribution in [0, 0.1) is 6.92 Å². The molecule has 9 nitrogen and oxygen atoms in total. The van der Waals surface area contributed by atoms with Crippen LogP contribution in [0.4, 0.5) is 16.4 Å². The minimum Gasteiger partial charge on any atom is -0.495 e. The number of aryl methyl sites for hydroxylation is 1. The average molecular weight is 430 g/mol. The van der Waals surface area contributed by atoms with Gasteiger partial charge in [-0.05, 0) is 37.5 Å². The van der Waals surface area contributed by atoms with Crippen molar-refractivity contribution in [3.8, 4) is 11.6 Å². The molecule has 1 saturated heterocycles. The number of benzene rings is 1. The van der Waals surface area contributed by atoms with Crippen molar-refractivity contribution in [1.82, 2.24) is 14.9 Å². The molecule has 0 aliphatic carbocycles. The Hall–Kier alpha value is -3.07. The molecule has 1 N–H and O–H groups in total. The first-order valence-electron chi connectivity index (χ1n) is 10.4. The predicted molar refractivity (Wildman–Crippen MR) is 119 cm³/mol. The fourth-order valence-corrected chi connectivity index (χ4v) is 3.72. The number of carbonyl (C=O) groups is 1. The van der Waals surface area contributed by atoms with Gasteiger partial charge in [-0.2, -0.15) is 4.98 Å². The molecule has 168 valence electrons. The van der Waals surface area contributed by atoms with E-state index in [1.54, 1.807) is 33.6 Å². The summed E-state index contributed by atoms with van der Waals surface area (Å²) in [6.07, 6.45) is 3.31. The van der Waals surface area contributed by atoms with Gasteiger partial charge in [0.1, 0.15) is 5.75 Å². The Morgan fingerprint density at radius 3 is 2.65 bits per heavy atom. The maximum absolute atomic E-state index is 13.2. The van der Waals surface area contributed by atoms with Crippen molar-refractivity contribution < 1.29 is 19.0 Å². The molecule has 0 bridgehead atoms. The van der Waals surface area contributed by atoms with E-state index in [-0.39, 0.29) is 12.1 Å². The lowest BCUT2D eigenvalue weighted by Crippen LogP contribution is -2.50. The highest BCUT2D eigenvalue weighted by Crippen LogP contribution is 2.27. The van der Waals surface area contributed by atoms with Gasteiger partial charge in [0.05, 0.1) is 26.5 Å². The molecule has 2 heterocycles. The predicted octanol–water partition coefficient (Wildman–Crippen LogP) is 2.95. The van der Waals surface area contributed by atoms with Gasteiger partial charge >= 0.3 is 6.03 Å². The van der Waals surface area contributed by atoms with E-state index < -0.39 is 0 Å². The highest BCUT2D eigenvalue weighted by Gasteiger charge is 2.29. The first-order chi connectivity index (χ1) is 15.0. The van der Waals surface area contributed by atoms with E-state index in [4.69, 9.17) is 14.2 Å². The van der Waals surface area contributed by atoms with Crippen LogP contribution in [0.3, 0.4) is 0 Å². The highest BCUT2D eigenvalue weighted by molar-refractivity contribution is 5.91. The minimum absolute atomic E-state index is 0.0906. The van der Waals surface area contributed by atoms with Gasteiger partial charge in [0.25, 0.3) is 0 Å². The molecule has 0 unspecified atom stereocenters. The number of methoxy groups -OCH3 is 3. The summed E-state index contributed by atoms with van der Waals surface area (Å²) in [5.41, 5.74) is 1.71. The second-order valence-corrected chi connectivity index (χ2v) is 7.44. The molecule has 0 spiro atoms. The molecule has 1 aliphatic heterocycles. The molecular formula is C22H31N5O4. The van der Waals surface area contributed by atoms with E-state index in [9.17, 15) is 4.79 Å². The van der Waals surface area contributed by atoms with Crippen LogP contribution in [0.1, 0.15) is 18.4 Å². The van der Waals surface area contributed by atoms with Crippen molar-refractivity contribution in [3.63, 3.8) is 0 Å². The Labute approximate surface area is 183 Å². The van der Waals surface area contributed by atoms with Gasteiger partial charge in [0.15, 0.2) is 0 Å². The van der Waals surface area contributed by atoms with Crippen molar-refractivity contribution in [1.29, 1.82) is 0 Å². The molecule has 0 saturated carbocycles. The van der Waals surface area contributed by atoms with Gasteiger partial charge in [-0.1, -0.05) is 6.07 Å². The number of hydrogen-bond donors (Lipinski definition) is 1. The summed E-state index contributed by atoms with van der Waals surface area (Å²) in [6.45, 7) is 4.47. The third-order valence-corrected chi connectivity index (χ3v) is 5.41. The number of aromatic nitrogens is 2. The first kappa shape index (κ1) is 22.6. The third kappa shape index (κ3) is 5.75. The fraction of sp³-hybridized carbons (Fsp3) is 0.500. The SMILES string of the molecule is COCCN(C(=O)Nc1cc(C)ccc1OC)C1CCN(c2nccc(OC)n2)CC1. The Morgan fingerprint density at radius 2 is 1.97 bits per heavy atom. The van der Waals surface area contributed by atoms with E-state index in [0.717, 1.165) is 31.5 Å². The normalized spacial score (nSPS) is 14.3. The molecule has 0 atom stereocenters. The van der Waals surface area contributed by atoms with Gasteiger partial charge in [-0.15, -0.1) is 0 Å². The number of hydrogen-bond acceptors (Lipinski definition) is 7. The molecule has 1 aromatic carbocycles. The molecule has 1 aromatic heterocycles. The molecule has 1 aliphatic rings. The number of anilines is 2. The molecule has 9 heteroatoms. The van der Waals surface area contributed by atoms with Gasteiger partial charge in [0, 0.05) is 45.0 Å². The number of amides is 2. The van der Waals surface area contributed by atoms with Crippen LogP contribution in [-0.4, -0.2) is 74.5 Å². The van der Waals surface area contributed by atoms with Gasteiger partial charge in [0.2, 0.25) is 11.8 Å². The molecule has 0 radical (unpaired) electrons. The maximum Gasteiger partial charge on any atom is 0.322 e. The monoisotopic (exact) mass is 429 g/mol. The van der Waals surface area contributed by atoms with Crippen LogP contribution >= 0.6 is 0 Å². The minimum atomic E-state index is -0.156. The van der Waals surface area contributed by atoms with Gasteiger partial charge < -0.3 is 29.3 Å². The van der Waals surface area contributed by atoms with Crippen LogP contribution in [0.2, 0.25) is 0 Å². The van der Waals surface area contributed by atoms with E-state index in [0.29, 0.717) is 36.4 Å².